The first-order valence-electron chi connectivity index (χ1n) is 20.8. The number of hydrogen-bond acceptors (Lipinski definition) is 0. The van der Waals surface area contributed by atoms with Crippen LogP contribution in [-0.4, -0.2) is 9.13 Å². The fourth-order valence-corrected chi connectivity index (χ4v) is 9.77. The molecule has 0 fully saturated rings. The highest BCUT2D eigenvalue weighted by molar-refractivity contribution is 9.10. The van der Waals surface area contributed by atoms with Crippen LogP contribution in [0.1, 0.15) is 22.3 Å². The molecule has 0 bridgehead atoms. The Bertz CT molecular complexity index is 4280. The molecule has 0 amide bonds. The molecule has 2 nitrogen and oxygen atoms in total. The SMILES string of the molecule is C#CC#CC#CC#Cc1cc(-n2c3ccc(-c4ccc5c(c4)c4c6ccccc6ccc4n5-c4cc(C)c(Br)cc4C#CC#CC#CC#C)cc3c3c4ccccc4ccc32)c(C)cc1Br. The summed E-state index contributed by atoms with van der Waals surface area (Å²) in [7, 11) is 0. The molecule has 4 heteroatoms. The van der Waals surface area contributed by atoms with E-state index in [-0.39, 0.29) is 0 Å². The number of halogens is 2. The smallest absolute Gasteiger partial charge is 0.0622 e. The van der Waals surface area contributed by atoms with Gasteiger partial charge in [-0.3, -0.25) is 0 Å². The molecule has 2 heterocycles. The number of fused-ring (bicyclic) bond motifs is 10. The van der Waals surface area contributed by atoms with E-state index in [4.69, 9.17) is 12.8 Å². The molecule has 10 rings (SSSR count). The highest BCUT2D eigenvalue weighted by atomic mass is 79.9. The lowest BCUT2D eigenvalue weighted by atomic mass is 9.98. The van der Waals surface area contributed by atoms with Crippen molar-refractivity contribution >= 4 is 97.0 Å². The predicted octanol–water partition coefficient (Wildman–Crippen LogP) is 14.0. The summed E-state index contributed by atoms with van der Waals surface area (Å²) in [6.45, 7) is 4.23. The van der Waals surface area contributed by atoms with Gasteiger partial charge in [0, 0.05) is 36.1 Å². The number of hydrogen-bond donors (Lipinski definition) is 0. The zero-order chi connectivity index (χ0) is 45.3. The predicted molar refractivity (Wildman–Crippen MR) is 283 cm³/mol. The third-order valence-corrected chi connectivity index (χ3v) is 13.2. The van der Waals surface area contributed by atoms with Crippen molar-refractivity contribution in [3.8, 4) is 118 Å². The molecular weight excluding hydrogens is 933 g/mol. The molecule has 0 aliphatic rings. The van der Waals surface area contributed by atoms with Gasteiger partial charge in [-0.15, -0.1) is 12.8 Å². The quantitative estimate of drug-likeness (QED) is 0.156. The zero-order valence-corrected chi connectivity index (χ0v) is 38.7. The minimum absolute atomic E-state index is 0.819. The van der Waals surface area contributed by atoms with Gasteiger partial charge >= 0.3 is 0 Å². The summed E-state index contributed by atoms with van der Waals surface area (Å²) in [6, 6.07) is 48.2. The molecule has 0 aliphatic carbocycles. The Kier molecular flexibility index (Phi) is 10.9. The Labute approximate surface area is 400 Å². The molecule has 0 unspecified atom stereocenters. The molecule has 0 atom stereocenters. The Morgan fingerprint density at radius 2 is 0.879 bits per heavy atom. The van der Waals surface area contributed by atoms with Crippen LogP contribution in [0.5, 0.6) is 0 Å². The number of nitrogens with zero attached hydrogens (tertiary/aromatic N) is 2. The molecular formula is C62H30Br2N2. The number of aryl methyl sites for hydroxylation is 2. The average Bonchev–Trinajstić information content (AvgIpc) is 3.85. The van der Waals surface area contributed by atoms with Crippen LogP contribution in [0.4, 0.5) is 0 Å². The largest absolute Gasteiger partial charge is 0.309 e. The van der Waals surface area contributed by atoms with E-state index in [1.165, 1.54) is 32.3 Å². The van der Waals surface area contributed by atoms with Gasteiger partial charge in [-0.1, -0.05) is 101 Å². The fourth-order valence-electron chi connectivity index (χ4n) is 8.87. The normalized spacial score (nSPS) is 10.3. The van der Waals surface area contributed by atoms with Crippen molar-refractivity contribution in [3.05, 3.63) is 165 Å². The van der Waals surface area contributed by atoms with Crippen molar-refractivity contribution in [2.24, 2.45) is 0 Å². The van der Waals surface area contributed by atoms with Crippen molar-refractivity contribution in [2.75, 3.05) is 0 Å². The van der Waals surface area contributed by atoms with E-state index in [1.54, 1.807) is 0 Å². The standard InChI is InChI=1S/C62H30Br2N2/c1-5-7-9-11-13-15-23-47-40-59(42(4)35-54(47)64)65-55-31-29-45(37-51(55)61-49-25-19-17-21-43(49)27-33-57(61)65)46-30-32-56-52(38-46)62-50-26-20-18-22-44(50)28-34-58(62)66(56)60-36-41(3)53(63)39-48(60)24-16-14-12-10-8-6-2/h1-2,17-22,25-40H,3-4H3. The molecule has 2 aromatic heterocycles. The van der Waals surface area contributed by atoms with E-state index in [2.05, 4.69) is 271 Å². The fraction of sp³-hybridized carbons (Fsp3) is 0.0323. The summed E-state index contributed by atoms with van der Waals surface area (Å²) < 4.78 is 6.55. The monoisotopic (exact) mass is 960 g/mol. The van der Waals surface area contributed by atoms with Crippen molar-refractivity contribution in [1.29, 1.82) is 0 Å². The second-order valence-corrected chi connectivity index (χ2v) is 17.2. The Hall–Kier alpha value is -8.68. The summed E-state index contributed by atoms with van der Waals surface area (Å²) >= 11 is 7.52. The van der Waals surface area contributed by atoms with Crippen LogP contribution in [0.2, 0.25) is 0 Å². The molecule has 302 valence electrons. The molecule has 0 N–H and O–H groups in total. The summed E-state index contributed by atoms with van der Waals surface area (Å²) in [5.41, 5.74) is 12.4. The molecule has 10 aromatic rings. The van der Waals surface area contributed by atoms with Crippen LogP contribution < -0.4 is 0 Å². The van der Waals surface area contributed by atoms with Gasteiger partial charge in [0.25, 0.3) is 0 Å². The zero-order valence-electron chi connectivity index (χ0n) is 35.5. The van der Waals surface area contributed by atoms with Crippen molar-refractivity contribution < 1.29 is 0 Å². The van der Waals surface area contributed by atoms with Crippen LogP contribution in [0, 0.1) is 110 Å². The van der Waals surface area contributed by atoms with E-state index < -0.39 is 0 Å². The molecule has 66 heavy (non-hydrogen) atoms. The highest BCUT2D eigenvalue weighted by Crippen LogP contribution is 2.43. The number of rotatable bonds is 3. The van der Waals surface area contributed by atoms with Gasteiger partial charge in [0.05, 0.1) is 39.0 Å². The van der Waals surface area contributed by atoms with E-state index in [0.29, 0.717) is 0 Å². The van der Waals surface area contributed by atoms with Crippen LogP contribution >= 0.6 is 31.9 Å². The van der Waals surface area contributed by atoms with Crippen LogP contribution in [0.15, 0.2) is 142 Å². The Morgan fingerprint density at radius 3 is 1.44 bits per heavy atom. The third-order valence-electron chi connectivity index (χ3n) is 11.7. The maximum atomic E-state index is 5.27. The van der Waals surface area contributed by atoms with Crippen LogP contribution in [0.3, 0.4) is 0 Å². The molecule has 0 aliphatic heterocycles. The van der Waals surface area contributed by atoms with Gasteiger partial charge in [-0.05, 0) is 205 Å². The Balaban J connectivity index is 1.21. The van der Waals surface area contributed by atoms with Gasteiger partial charge in [-0.2, -0.15) is 0 Å². The summed E-state index contributed by atoms with van der Waals surface area (Å²) in [4.78, 5) is 0. The molecule has 0 radical (unpaired) electrons. The van der Waals surface area contributed by atoms with Gasteiger partial charge in [0.15, 0.2) is 0 Å². The molecule has 0 saturated heterocycles. The first kappa shape index (κ1) is 41.3. The lowest BCUT2D eigenvalue weighted by Crippen LogP contribution is -1.99. The second-order valence-electron chi connectivity index (χ2n) is 15.5. The first-order valence-corrected chi connectivity index (χ1v) is 22.4. The highest BCUT2D eigenvalue weighted by Gasteiger charge is 2.21. The van der Waals surface area contributed by atoms with Gasteiger partial charge in [0.2, 0.25) is 0 Å². The minimum atomic E-state index is 0.819. The molecule has 8 aromatic carbocycles. The summed E-state index contributed by atoms with van der Waals surface area (Å²) in [5.74, 6) is 38.4. The van der Waals surface area contributed by atoms with Crippen LogP contribution in [0.25, 0.3) is 87.7 Å². The first-order chi connectivity index (χ1) is 32.3. The number of benzene rings is 8. The summed E-state index contributed by atoms with van der Waals surface area (Å²) in [6.07, 6.45) is 10.5. The van der Waals surface area contributed by atoms with Gasteiger partial charge in [-0.25, -0.2) is 0 Å². The van der Waals surface area contributed by atoms with Gasteiger partial charge < -0.3 is 9.13 Å². The van der Waals surface area contributed by atoms with Crippen molar-refractivity contribution in [2.45, 2.75) is 13.8 Å². The van der Waals surface area contributed by atoms with Gasteiger partial charge in [0.1, 0.15) is 0 Å². The van der Waals surface area contributed by atoms with E-state index in [1.807, 2.05) is 0 Å². The minimum Gasteiger partial charge on any atom is -0.309 e. The lowest BCUT2D eigenvalue weighted by molar-refractivity contribution is 1.14. The molecule has 0 spiro atoms. The topological polar surface area (TPSA) is 9.86 Å². The van der Waals surface area contributed by atoms with E-state index in [9.17, 15) is 0 Å². The third kappa shape index (κ3) is 7.32. The van der Waals surface area contributed by atoms with Crippen LogP contribution in [-0.2, 0) is 0 Å². The maximum Gasteiger partial charge on any atom is 0.0622 e. The van der Waals surface area contributed by atoms with Crippen molar-refractivity contribution in [1.82, 2.24) is 9.13 Å². The number of aromatic nitrogens is 2. The summed E-state index contributed by atoms with van der Waals surface area (Å²) in [5, 5.41) is 9.38. The average molecular weight is 963 g/mol. The lowest BCUT2D eigenvalue weighted by Gasteiger charge is -2.14. The Morgan fingerprint density at radius 1 is 0.394 bits per heavy atom. The van der Waals surface area contributed by atoms with E-state index in [0.717, 1.165) is 86.5 Å². The number of terminal acetylenes is 2. The second kappa shape index (κ2) is 17.5. The maximum absolute atomic E-state index is 5.27. The molecule has 0 saturated carbocycles. The van der Waals surface area contributed by atoms with E-state index >= 15 is 0 Å². The van der Waals surface area contributed by atoms with Crippen molar-refractivity contribution in [3.63, 3.8) is 0 Å².